The maximum absolute atomic E-state index is 13.3. The van der Waals surface area contributed by atoms with E-state index in [0.29, 0.717) is 36.6 Å². The summed E-state index contributed by atoms with van der Waals surface area (Å²) in [5.74, 6) is -0.910. The molecule has 3 rings (SSSR count). The van der Waals surface area contributed by atoms with Crippen LogP contribution in [0.2, 0.25) is 5.02 Å². The average Bonchev–Trinajstić information content (AvgIpc) is 2.68. The largest absolute Gasteiger partial charge is 0.484 e. The van der Waals surface area contributed by atoms with E-state index in [0.717, 1.165) is 0 Å². The highest BCUT2D eigenvalue weighted by atomic mass is 35.5. The van der Waals surface area contributed by atoms with Crippen molar-refractivity contribution in [2.24, 2.45) is 5.73 Å². The molecule has 1 aliphatic heterocycles. The van der Waals surface area contributed by atoms with Crippen LogP contribution < -0.4 is 10.5 Å². The summed E-state index contributed by atoms with van der Waals surface area (Å²) in [5, 5.41) is 0.0113. The second-order valence-electron chi connectivity index (χ2n) is 6.05. The maximum atomic E-state index is 13.3. The van der Waals surface area contributed by atoms with Crippen molar-refractivity contribution in [2.45, 2.75) is 6.10 Å². The van der Waals surface area contributed by atoms with Gasteiger partial charge in [-0.3, -0.25) is 9.59 Å². The van der Waals surface area contributed by atoms with Crippen molar-refractivity contribution in [3.63, 3.8) is 0 Å². The number of ether oxygens (including phenoxy) is 2. The number of primary amides is 1. The first kappa shape index (κ1) is 19.1. The fourth-order valence-electron chi connectivity index (χ4n) is 2.77. The molecule has 2 aromatic carbocycles. The van der Waals surface area contributed by atoms with Gasteiger partial charge in [0, 0.05) is 12.1 Å². The van der Waals surface area contributed by atoms with E-state index >= 15 is 0 Å². The molecule has 2 amide bonds. The zero-order valence-electron chi connectivity index (χ0n) is 14.4. The molecule has 2 aromatic rings. The number of amides is 2. The lowest BCUT2D eigenvalue weighted by molar-refractivity contribution is -0.141. The summed E-state index contributed by atoms with van der Waals surface area (Å²) >= 11 is 5.82. The normalized spacial score (nSPS) is 16.8. The SMILES string of the molecule is NC(=O)c1cccc(OCC(=O)N2CCOC(c3ccc(F)c(Cl)c3)C2)c1. The smallest absolute Gasteiger partial charge is 0.260 e. The van der Waals surface area contributed by atoms with E-state index in [-0.39, 0.29) is 23.6 Å². The van der Waals surface area contributed by atoms with Gasteiger partial charge in [-0.25, -0.2) is 4.39 Å². The molecule has 0 bridgehead atoms. The Morgan fingerprint density at radius 3 is 2.85 bits per heavy atom. The molecule has 0 radical (unpaired) electrons. The fraction of sp³-hybridized carbons (Fsp3) is 0.263. The molecule has 6 nitrogen and oxygen atoms in total. The van der Waals surface area contributed by atoms with Crippen LogP contribution in [0.5, 0.6) is 5.75 Å². The van der Waals surface area contributed by atoms with Crippen molar-refractivity contribution in [1.82, 2.24) is 4.90 Å². The molecular formula is C19H18ClFN2O4. The van der Waals surface area contributed by atoms with Gasteiger partial charge in [0.1, 0.15) is 17.7 Å². The molecule has 1 fully saturated rings. The van der Waals surface area contributed by atoms with Gasteiger partial charge in [0.05, 0.1) is 18.2 Å². The molecule has 8 heteroatoms. The van der Waals surface area contributed by atoms with E-state index in [9.17, 15) is 14.0 Å². The van der Waals surface area contributed by atoms with Gasteiger partial charge < -0.3 is 20.1 Å². The van der Waals surface area contributed by atoms with Crippen LogP contribution >= 0.6 is 11.6 Å². The van der Waals surface area contributed by atoms with Crippen LogP contribution in [-0.4, -0.2) is 43.0 Å². The molecular weight excluding hydrogens is 375 g/mol. The van der Waals surface area contributed by atoms with E-state index in [2.05, 4.69) is 0 Å². The number of halogens is 2. The summed E-state index contributed by atoms with van der Waals surface area (Å²) in [4.78, 5) is 25.3. The zero-order chi connectivity index (χ0) is 19.4. The molecule has 1 aliphatic rings. The Morgan fingerprint density at radius 1 is 1.30 bits per heavy atom. The predicted molar refractivity (Wildman–Crippen MR) is 97.1 cm³/mol. The van der Waals surface area contributed by atoms with Crippen LogP contribution in [0.25, 0.3) is 0 Å². The Balaban J connectivity index is 1.60. The van der Waals surface area contributed by atoms with Gasteiger partial charge in [-0.05, 0) is 35.9 Å². The van der Waals surface area contributed by atoms with Gasteiger partial charge in [-0.15, -0.1) is 0 Å². The highest BCUT2D eigenvalue weighted by Crippen LogP contribution is 2.26. The summed E-state index contributed by atoms with van der Waals surface area (Å²) in [7, 11) is 0. The first-order chi connectivity index (χ1) is 12.9. The second-order valence-corrected chi connectivity index (χ2v) is 6.46. The highest BCUT2D eigenvalue weighted by molar-refractivity contribution is 6.30. The van der Waals surface area contributed by atoms with Crippen molar-refractivity contribution in [3.05, 3.63) is 64.4 Å². The molecule has 2 N–H and O–H groups in total. The number of benzene rings is 2. The second kappa shape index (κ2) is 8.37. The van der Waals surface area contributed by atoms with Crippen LogP contribution in [0.4, 0.5) is 4.39 Å². The topological polar surface area (TPSA) is 81.9 Å². The molecule has 0 saturated carbocycles. The minimum Gasteiger partial charge on any atom is -0.484 e. The average molecular weight is 393 g/mol. The Bertz CT molecular complexity index is 861. The van der Waals surface area contributed by atoms with Gasteiger partial charge in [0.25, 0.3) is 5.91 Å². The predicted octanol–water partition coefficient (Wildman–Crippen LogP) is 2.56. The van der Waals surface area contributed by atoms with Gasteiger partial charge in [-0.2, -0.15) is 0 Å². The van der Waals surface area contributed by atoms with Gasteiger partial charge in [-0.1, -0.05) is 23.7 Å². The fourth-order valence-corrected chi connectivity index (χ4v) is 2.95. The van der Waals surface area contributed by atoms with E-state index in [4.69, 9.17) is 26.8 Å². The Kier molecular flexibility index (Phi) is 5.93. The van der Waals surface area contributed by atoms with Crippen LogP contribution in [-0.2, 0) is 9.53 Å². The number of rotatable bonds is 5. The molecule has 1 heterocycles. The number of carbonyl (C=O) groups excluding carboxylic acids is 2. The summed E-state index contributed by atoms with van der Waals surface area (Å²) in [6.07, 6.45) is -0.390. The minimum absolute atomic E-state index is 0.0113. The van der Waals surface area contributed by atoms with Crippen molar-refractivity contribution in [1.29, 1.82) is 0 Å². The molecule has 27 heavy (non-hydrogen) atoms. The number of hydrogen-bond acceptors (Lipinski definition) is 4. The van der Waals surface area contributed by atoms with Crippen LogP contribution in [0, 0.1) is 5.82 Å². The number of nitrogens with zero attached hydrogens (tertiary/aromatic N) is 1. The summed E-state index contributed by atoms with van der Waals surface area (Å²) in [6, 6.07) is 10.7. The quantitative estimate of drug-likeness (QED) is 0.847. The molecule has 1 atom stereocenters. The number of morpholine rings is 1. The van der Waals surface area contributed by atoms with E-state index in [1.165, 1.54) is 18.2 Å². The number of nitrogens with two attached hydrogens (primary N) is 1. The molecule has 0 aromatic heterocycles. The molecule has 0 aliphatic carbocycles. The van der Waals surface area contributed by atoms with Gasteiger partial charge >= 0.3 is 0 Å². The summed E-state index contributed by atoms with van der Waals surface area (Å²) in [5.41, 5.74) is 6.24. The third-order valence-corrected chi connectivity index (χ3v) is 4.51. The molecule has 142 valence electrons. The third kappa shape index (κ3) is 4.75. The van der Waals surface area contributed by atoms with E-state index < -0.39 is 11.7 Å². The van der Waals surface area contributed by atoms with Crippen molar-refractivity contribution in [3.8, 4) is 5.75 Å². The van der Waals surface area contributed by atoms with Crippen LogP contribution in [0.3, 0.4) is 0 Å². The first-order valence-corrected chi connectivity index (χ1v) is 8.69. The summed E-state index contributed by atoms with van der Waals surface area (Å²) in [6.45, 7) is 0.905. The standard InChI is InChI=1S/C19H18ClFN2O4/c20-15-9-12(4-5-16(15)21)17-10-23(6-7-26-17)18(24)11-27-14-3-1-2-13(8-14)19(22)25/h1-5,8-9,17H,6-7,10-11H2,(H2,22,25). The monoisotopic (exact) mass is 392 g/mol. The lowest BCUT2D eigenvalue weighted by Gasteiger charge is -2.33. The highest BCUT2D eigenvalue weighted by Gasteiger charge is 2.26. The third-order valence-electron chi connectivity index (χ3n) is 4.22. The van der Waals surface area contributed by atoms with E-state index in [1.54, 1.807) is 29.2 Å². The maximum Gasteiger partial charge on any atom is 0.260 e. The Hall–Kier alpha value is -2.64. The molecule has 1 unspecified atom stereocenters. The summed E-state index contributed by atoms with van der Waals surface area (Å²) < 4.78 is 24.5. The van der Waals surface area contributed by atoms with Gasteiger partial charge in [0.2, 0.25) is 5.91 Å². The zero-order valence-corrected chi connectivity index (χ0v) is 15.1. The Labute approximate surface area is 160 Å². The first-order valence-electron chi connectivity index (χ1n) is 8.31. The van der Waals surface area contributed by atoms with Crippen molar-refractivity contribution >= 4 is 23.4 Å². The lowest BCUT2D eigenvalue weighted by atomic mass is 10.1. The molecule has 0 spiro atoms. The van der Waals surface area contributed by atoms with Crippen molar-refractivity contribution < 1.29 is 23.5 Å². The van der Waals surface area contributed by atoms with Gasteiger partial charge in [0.15, 0.2) is 6.61 Å². The number of carbonyl (C=O) groups is 2. The van der Waals surface area contributed by atoms with E-state index in [1.807, 2.05) is 0 Å². The van der Waals surface area contributed by atoms with Crippen molar-refractivity contribution in [2.75, 3.05) is 26.3 Å². The minimum atomic E-state index is -0.569. The number of hydrogen-bond donors (Lipinski definition) is 1. The van der Waals surface area contributed by atoms with Crippen LogP contribution in [0.1, 0.15) is 22.0 Å². The molecule has 1 saturated heterocycles. The Morgan fingerprint density at radius 2 is 2.11 bits per heavy atom. The van der Waals surface area contributed by atoms with Crippen LogP contribution in [0.15, 0.2) is 42.5 Å². The lowest BCUT2D eigenvalue weighted by Crippen LogP contribution is -2.44.